The van der Waals surface area contributed by atoms with Crippen LogP contribution in [0.2, 0.25) is 5.02 Å². The van der Waals surface area contributed by atoms with E-state index in [0.29, 0.717) is 22.5 Å². The molecule has 0 atom stereocenters. The number of aromatic nitrogens is 3. The molecule has 2 aromatic carbocycles. The van der Waals surface area contributed by atoms with Crippen molar-refractivity contribution in [1.29, 1.82) is 0 Å². The van der Waals surface area contributed by atoms with E-state index in [0.717, 1.165) is 22.0 Å². The molecular formula is C17H12ClN3O2. The zero-order chi connectivity index (χ0) is 15.8. The summed E-state index contributed by atoms with van der Waals surface area (Å²) in [5, 5.41) is 5.65. The van der Waals surface area contributed by atoms with E-state index in [1.807, 2.05) is 36.5 Å². The molecule has 0 bridgehead atoms. The van der Waals surface area contributed by atoms with E-state index in [9.17, 15) is 0 Å². The molecule has 2 heterocycles. The molecule has 0 saturated heterocycles. The standard InChI is InChI=1S/C17H12ClN3O2/c1-22-15-5-3-12(9-13(15)18)17-20-16(21-23-17)11-2-4-14-10(8-11)6-7-19-14/h2-9,19H,1H3. The van der Waals surface area contributed by atoms with E-state index in [4.69, 9.17) is 20.9 Å². The first-order valence-corrected chi connectivity index (χ1v) is 7.37. The zero-order valence-corrected chi connectivity index (χ0v) is 13.0. The monoisotopic (exact) mass is 325 g/mol. The summed E-state index contributed by atoms with van der Waals surface area (Å²) in [6.45, 7) is 0. The van der Waals surface area contributed by atoms with Crippen LogP contribution in [0, 0.1) is 0 Å². The van der Waals surface area contributed by atoms with Crippen LogP contribution < -0.4 is 4.74 Å². The van der Waals surface area contributed by atoms with Crippen molar-refractivity contribution in [3.8, 4) is 28.6 Å². The van der Waals surface area contributed by atoms with Gasteiger partial charge in [-0.3, -0.25) is 0 Å². The predicted molar refractivity (Wildman–Crippen MR) is 88.6 cm³/mol. The Kier molecular flexibility index (Phi) is 3.28. The van der Waals surface area contributed by atoms with Crippen LogP contribution in [0.3, 0.4) is 0 Å². The summed E-state index contributed by atoms with van der Waals surface area (Å²) in [5.74, 6) is 1.56. The third-order valence-corrected chi connectivity index (χ3v) is 3.93. The van der Waals surface area contributed by atoms with Crippen LogP contribution in [-0.4, -0.2) is 22.2 Å². The molecular weight excluding hydrogens is 314 g/mol. The maximum absolute atomic E-state index is 6.14. The Morgan fingerprint density at radius 2 is 1.96 bits per heavy atom. The van der Waals surface area contributed by atoms with E-state index < -0.39 is 0 Å². The number of nitrogens with one attached hydrogen (secondary N) is 1. The summed E-state index contributed by atoms with van der Waals surface area (Å²) in [6.07, 6.45) is 1.90. The molecule has 0 spiro atoms. The Morgan fingerprint density at radius 3 is 2.78 bits per heavy atom. The number of benzene rings is 2. The molecule has 0 radical (unpaired) electrons. The smallest absolute Gasteiger partial charge is 0.258 e. The Labute approximate surface area is 136 Å². The number of ether oxygens (including phenoxy) is 1. The van der Waals surface area contributed by atoms with Gasteiger partial charge in [-0.15, -0.1) is 0 Å². The SMILES string of the molecule is COc1ccc(-c2nc(-c3ccc4[nH]ccc4c3)no2)cc1Cl. The number of rotatable bonds is 3. The van der Waals surface area contributed by atoms with Crippen molar-refractivity contribution >= 4 is 22.5 Å². The van der Waals surface area contributed by atoms with Crippen LogP contribution in [0.25, 0.3) is 33.7 Å². The second kappa shape index (κ2) is 5.44. The topological polar surface area (TPSA) is 63.9 Å². The van der Waals surface area contributed by atoms with Gasteiger partial charge in [0.1, 0.15) is 5.75 Å². The molecule has 4 rings (SSSR count). The fraction of sp³-hybridized carbons (Fsp3) is 0.0588. The summed E-state index contributed by atoms with van der Waals surface area (Å²) in [6, 6.07) is 13.3. The van der Waals surface area contributed by atoms with Gasteiger partial charge in [-0.2, -0.15) is 4.98 Å². The van der Waals surface area contributed by atoms with Gasteiger partial charge in [-0.05, 0) is 42.5 Å². The minimum Gasteiger partial charge on any atom is -0.495 e. The van der Waals surface area contributed by atoms with Crippen LogP contribution in [-0.2, 0) is 0 Å². The Balaban J connectivity index is 1.72. The van der Waals surface area contributed by atoms with Crippen LogP contribution in [0.15, 0.2) is 53.2 Å². The van der Waals surface area contributed by atoms with Crippen molar-refractivity contribution in [1.82, 2.24) is 15.1 Å². The second-order valence-electron chi connectivity index (χ2n) is 5.05. The molecule has 0 amide bonds. The first-order valence-electron chi connectivity index (χ1n) is 7.00. The Hall–Kier alpha value is -2.79. The fourth-order valence-electron chi connectivity index (χ4n) is 2.45. The lowest BCUT2D eigenvalue weighted by Gasteiger charge is -2.02. The number of nitrogens with zero attached hydrogens (tertiary/aromatic N) is 2. The van der Waals surface area contributed by atoms with Gasteiger partial charge in [0.25, 0.3) is 5.89 Å². The molecule has 0 aliphatic rings. The van der Waals surface area contributed by atoms with Crippen molar-refractivity contribution in [2.45, 2.75) is 0 Å². The summed E-state index contributed by atoms with van der Waals surface area (Å²) < 4.78 is 10.5. The number of methoxy groups -OCH3 is 1. The fourth-order valence-corrected chi connectivity index (χ4v) is 2.71. The summed E-state index contributed by atoms with van der Waals surface area (Å²) in [4.78, 5) is 7.61. The summed E-state index contributed by atoms with van der Waals surface area (Å²) in [5.41, 5.74) is 2.71. The van der Waals surface area contributed by atoms with Crippen LogP contribution in [0.5, 0.6) is 5.75 Å². The molecule has 4 aromatic rings. The molecule has 6 heteroatoms. The van der Waals surface area contributed by atoms with Gasteiger partial charge >= 0.3 is 0 Å². The van der Waals surface area contributed by atoms with Crippen molar-refractivity contribution in [2.75, 3.05) is 7.11 Å². The van der Waals surface area contributed by atoms with Gasteiger partial charge in [0.05, 0.1) is 12.1 Å². The summed E-state index contributed by atoms with van der Waals surface area (Å²) in [7, 11) is 1.57. The highest BCUT2D eigenvalue weighted by Gasteiger charge is 2.13. The molecule has 5 nitrogen and oxygen atoms in total. The van der Waals surface area contributed by atoms with Crippen LogP contribution in [0.4, 0.5) is 0 Å². The lowest BCUT2D eigenvalue weighted by molar-refractivity contribution is 0.414. The molecule has 2 aromatic heterocycles. The molecule has 0 fully saturated rings. The largest absolute Gasteiger partial charge is 0.495 e. The molecule has 114 valence electrons. The van der Waals surface area contributed by atoms with Crippen molar-refractivity contribution in [3.05, 3.63) is 53.7 Å². The van der Waals surface area contributed by atoms with Gasteiger partial charge in [0.2, 0.25) is 5.82 Å². The zero-order valence-electron chi connectivity index (χ0n) is 12.2. The van der Waals surface area contributed by atoms with Crippen molar-refractivity contribution in [2.24, 2.45) is 0 Å². The number of H-pyrrole nitrogens is 1. The maximum Gasteiger partial charge on any atom is 0.258 e. The highest BCUT2D eigenvalue weighted by atomic mass is 35.5. The van der Waals surface area contributed by atoms with Gasteiger partial charge < -0.3 is 14.2 Å². The lowest BCUT2D eigenvalue weighted by atomic mass is 10.1. The molecule has 0 aliphatic carbocycles. The minimum atomic E-state index is 0.415. The number of aromatic amines is 1. The molecule has 23 heavy (non-hydrogen) atoms. The average Bonchev–Trinajstić information content (AvgIpc) is 3.23. The van der Waals surface area contributed by atoms with Crippen molar-refractivity contribution < 1.29 is 9.26 Å². The first-order chi connectivity index (χ1) is 11.2. The average molecular weight is 326 g/mol. The Morgan fingerprint density at radius 1 is 1.09 bits per heavy atom. The third-order valence-electron chi connectivity index (χ3n) is 3.64. The normalized spacial score (nSPS) is 11.0. The van der Waals surface area contributed by atoms with E-state index in [1.165, 1.54) is 0 Å². The quantitative estimate of drug-likeness (QED) is 0.600. The highest BCUT2D eigenvalue weighted by Crippen LogP contribution is 2.30. The Bertz CT molecular complexity index is 990. The summed E-state index contributed by atoms with van der Waals surface area (Å²) >= 11 is 6.14. The van der Waals surface area contributed by atoms with E-state index >= 15 is 0 Å². The first kappa shape index (κ1) is 13.8. The number of halogens is 1. The lowest BCUT2D eigenvalue weighted by Crippen LogP contribution is -1.85. The van der Waals surface area contributed by atoms with Crippen LogP contribution in [0.1, 0.15) is 0 Å². The third kappa shape index (κ3) is 2.45. The molecule has 0 aliphatic heterocycles. The van der Waals surface area contributed by atoms with E-state index in [1.54, 1.807) is 19.2 Å². The van der Waals surface area contributed by atoms with Crippen molar-refractivity contribution in [3.63, 3.8) is 0 Å². The van der Waals surface area contributed by atoms with E-state index in [2.05, 4.69) is 15.1 Å². The number of hydrogen-bond acceptors (Lipinski definition) is 4. The second-order valence-corrected chi connectivity index (χ2v) is 5.46. The van der Waals surface area contributed by atoms with Gasteiger partial charge in [0, 0.05) is 28.2 Å². The highest BCUT2D eigenvalue weighted by molar-refractivity contribution is 6.32. The minimum absolute atomic E-state index is 0.415. The molecule has 1 N–H and O–H groups in total. The predicted octanol–water partition coefficient (Wildman–Crippen LogP) is 4.55. The van der Waals surface area contributed by atoms with Gasteiger partial charge in [0.15, 0.2) is 0 Å². The van der Waals surface area contributed by atoms with Gasteiger partial charge in [-0.25, -0.2) is 0 Å². The molecule has 0 saturated carbocycles. The number of fused-ring (bicyclic) bond motifs is 1. The van der Waals surface area contributed by atoms with Crippen LogP contribution >= 0.6 is 11.6 Å². The molecule has 0 unspecified atom stereocenters. The number of hydrogen-bond donors (Lipinski definition) is 1. The maximum atomic E-state index is 6.14. The van der Waals surface area contributed by atoms with E-state index in [-0.39, 0.29) is 0 Å². The van der Waals surface area contributed by atoms with Gasteiger partial charge in [-0.1, -0.05) is 16.8 Å².